The topological polar surface area (TPSA) is 67.0 Å². The van der Waals surface area contributed by atoms with Gasteiger partial charge in [-0.1, -0.05) is 0 Å². The number of carbonyl (C=O) groups excluding carboxylic acids is 1. The van der Waals surface area contributed by atoms with Crippen LogP contribution in [0.15, 0.2) is 39.9 Å². The molecule has 5 nitrogen and oxygen atoms in total. The number of thiazole rings is 1. The van der Waals surface area contributed by atoms with E-state index in [1.807, 2.05) is 0 Å². The molecule has 0 radical (unpaired) electrons. The number of aromatic nitrogens is 1. The SMILES string of the molecule is Cc1cs/c(=N\N=C2C=CC(=O)C=C2)n1O. The lowest BCUT2D eigenvalue weighted by atomic mass is 10.2. The van der Waals surface area contributed by atoms with E-state index in [1.165, 1.54) is 23.5 Å². The summed E-state index contributed by atoms with van der Waals surface area (Å²) in [6.07, 6.45) is 5.99. The molecule has 1 aliphatic carbocycles. The van der Waals surface area contributed by atoms with Gasteiger partial charge < -0.3 is 5.21 Å². The van der Waals surface area contributed by atoms with Gasteiger partial charge in [0.2, 0.25) is 4.80 Å². The van der Waals surface area contributed by atoms with Gasteiger partial charge in [0.15, 0.2) is 5.78 Å². The van der Waals surface area contributed by atoms with Crippen LogP contribution in [0.25, 0.3) is 0 Å². The second-order valence-electron chi connectivity index (χ2n) is 3.17. The predicted octanol–water partition coefficient (Wildman–Crippen LogP) is 1.05. The molecular formula is C10H9N3O2S. The van der Waals surface area contributed by atoms with Crippen LogP contribution >= 0.6 is 11.3 Å². The molecule has 6 heteroatoms. The first-order valence-electron chi connectivity index (χ1n) is 4.55. The van der Waals surface area contributed by atoms with Gasteiger partial charge in [-0.15, -0.1) is 21.5 Å². The van der Waals surface area contributed by atoms with Crippen LogP contribution in [-0.2, 0) is 4.79 Å². The van der Waals surface area contributed by atoms with Crippen molar-refractivity contribution in [2.75, 3.05) is 0 Å². The highest BCUT2D eigenvalue weighted by atomic mass is 32.1. The number of hydrogen-bond donors (Lipinski definition) is 1. The third-order valence-electron chi connectivity index (χ3n) is 1.94. The summed E-state index contributed by atoms with van der Waals surface area (Å²) >= 11 is 1.29. The Bertz CT molecular complexity index is 557. The maximum absolute atomic E-state index is 10.8. The molecule has 16 heavy (non-hydrogen) atoms. The Hall–Kier alpha value is -1.95. The zero-order valence-electron chi connectivity index (χ0n) is 8.49. The fourth-order valence-corrected chi connectivity index (χ4v) is 1.78. The van der Waals surface area contributed by atoms with Gasteiger partial charge in [-0.2, -0.15) is 4.73 Å². The Kier molecular flexibility index (Phi) is 2.82. The van der Waals surface area contributed by atoms with Crippen molar-refractivity contribution in [3.05, 3.63) is 40.2 Å². The number of carbonyl (C=O) groups is 1. The molecule has 2 rings (SSSR count). The molecule has 0 saturated carbocycles. The van der Waals surface area contributed by atoms with Gasteiger partial charge >= 0.3 is 0 Å². The molecule has 0 saturated heterocycles. The maximum Gasteiger partial charge on any atom is 0.243 e. The van der Waals surface area contributed by atoms with Crippen molar-refractivity contribution >= 4 is 22.8 Å². The molecule has 1 aliphatic rings. The summed E-state index contributed by atoms with van der Waals surface area (Å²) in [6.45, 7) is 1.77. The highest BCUT2D eigenvalue weighted by Gasteiger charge is 2.00. The molecule has 0 atom stereocenters. The summed E-state index contributed by atoms with van der Waals surface area (Å²) < 4.78 is 0.968. The van der Waals surface area contributed by atoms with Crippen LogP contribution < -0.4 is 4.80 Å². The van der Waals surface area contributed by atoms with E-state index >= 15 is 0 Å². The fraction of sp³-hybridized carbons (Fsp3) is 0.100. The molecule has 1 aromatic heterocycles. The van der Waals surface area contributed by atoms with E-state index in [2.05, 4.69) is 10.2 Å². The lowest BCUT2D eigenvalue weighted by Crippen LogP contribution is -2.12. The van der Waals surface area contributed by atoms with Gasteiger partial charge in [-0.25, -0.2) is 0 Å². The summed E-state index contributed by atoms with van der Waals surface area (Å²) in [5, 5.41) is 19.0. The number of nitrogens with zero attached hydrogens (tertiary/aromatic N) is 3. The van der Waals surface area contributed by atoms with E-state index in [0.29, 0.717) is 16.2 Å². The van der Waals surface area contributed by atoms with Crippen LogP contribution in [0.5, 0.6) is 0 Å². The zero-order valence-corrected chi connectivity index (χ0v) is 9.31. The van der Waals surface area contributed by atoms with Crippen molar-refractivity contribution in [3.63, 3.8) is 0 Å². The number of aryl methyl sites for hydroxylation is 1. The summed E-state index contributed by atoms with van der Waals surface area (Å²) in [7, 11) is 0. The molecule has 0 bridgehead atoms. The minimum atomic E-state index is -0.0665. The minimum Gasteiger partial charge on any atom is -0.426 e. The van der Waals surface area contributed by atoms with Gasteiger partial charge in [-0.05, 0) is 31.2 Å². The number of rotatable bonds is 1. The highest BCUT2D eigenvalue weighted by molar-refractivity contribution is 7.07. The lowest BCUT2D eigenvalue weighted by Gasteiger charge is -1.94. The Labute approximate surface area is 95.3 Å². The largest absolute Gasteiger partial charge is 0.426 e. The average molecular weight is 235 g/mol. The molecule has 0 amide bonds. The van der Waals surface area contributed by atoms with E-state index in [1.54, 1.807) is 24.5 Å². The summed E-state index contributed by atoms with van der Waals surface area (Å²) in [5.41, 5.74) is 1.28. The van der Waals surface area contributed by atoms with Crippen molar-refractivity contribution in [3.8, 4) is 0 Å². The molecule has 0 fully saturated rings. The predicted molar refractivity (Wildman–Crippen MR) is 60.5 cm³/mol. The number of hydrogen-bond acceptors (Lipinski definition) is 5. The Morgan fingerprint density at radius 1 is 1.25 bits per heavy atom. The second-order valence-corrected chi connectivity index (χ2v) is 4.00. The number of ketones is 1. The second kappa shape index (κ2) is 4.28. The van der Waals surface area contributed by atoms with Gasteiger partial charge in [0, 0.05) is 5.38 Å². The molecule has 0 spiro atoms. The third kappa shape index (κ3) is 2.17. The van der Waals surface area contributed by atoms with Crippen LogP contribution in [0, 0.1) is 6.92 Å². The van der Waals surface area contributed by atoms with Crippen molar-refractivity contribution < 1.29 is 10.0 Å². The smallest absolute Gasteiger partial charge is 0.243 e. The van der Waals surface area contributed by atoms with E-state index in [9.17, 15) is 10.0 Å². The Balaban J connectivity index is 2.30. The first-order valence-corrected chi connectivity index (χ1v) is 5.43. The molecule has 1 N–H and O–H groups in total. The van der Waals surface area contributed by atoms with E-state index in [4.69, 9.17) is 0 Å². The van der Waals surface area contributed by atoms with Crippen LogP contribution in [0.1, 0.15) is 5.69 Å². The van der Waals surface area contributed by atoms with Crippen LogP contribution in [-0.4, -0.2) is 21.4 Å². The average Bonchev–Trinajstić information content (AvgIpc) is 2.60. The summed E-state index contributed by atoms with van der Waals surface area (Å²) in [6, 6.07) is 0. The van der Waals surface area contributed by atoms with Crippen molar-refractivity contribution in [1.29, 1.82) is 0 Å². The highest BCUT2D eigenvalue weighted by Crippen LogP contribution is 1.98. The summed E-state index contributed by atoms with van der Waals surface area (Å²) in [4.78, 5) is 11.2. The van der Waals surface area contributed by atoms with Crippen molar-refractivity contribution in [1.82, 2.24) is 4.73 Å². The van der Waals surface area contributed by atoms with E-state index in [-0.39, 0.29) is 5.78 Å². The van der Waals surface area contributed by atoms with E-state index in [0.717, 1.165) is 4.73 Å². The molecule has 0 aliphatic heterocycles. The van der Waals surface area contributed by atoms with Crippen LogP contribution in [0.2, 0.25) is 0 Å². The Morgan fingerprint density at radius 2 is 1.94 bits per heavy atom. The standard InChI is InChI=1S/C10H9N3O2S/c1-7-6-16-10(13(7)15)12-11-8-2-4-9(14)5-3-8/h2-6,15H,1H3/b12-10-. The van der Waals surface area contributed by atoms with Gasteiger partial charge in [0.05, 0.1) is 11.4 Å². The first kappa shape index (κ1) is 10.6. The molecular weight excluding hydrogens is 226 g/mol. The normalized spacial score (nSPS) is 15.9. The van der Waals surface area contributed by atoms with Gasteiger partial charge in [0.1, 0.15) is 0 Å². The van der Waals surface area contributed by atoms with Gasteiger partial charge in [0.25, 0.3) is 0 Å². The minimum absolute atomic E-state index is 0.0665. The number of allylic oxidation sites excluding steroid dienone is 4. The van der Waals surface area contributed by atoms with Crippen molar-refractivity contribution in [2.45, 2.75) is 6.92 Å². The zero-order chi connectivity index (χ0) is 11.5. The molecule has 1 heterocycles. The first-order chi connectivity index (χ1) is 7.66. The van der Waals surface area contributed by atoms with Crippen molar-refractivity contribution in [2.24, 2.45) is 10.2 Å². The fourth-order valence-electron chi connectivity index (χ4n) is 1.07. The van der Waals surface area contributed by atoms with Gasteiger partial charge in [-0.3, -0.25) is 4.79 Å². The molecule has 82 valence electrons. The summed E-state index contributed by atoms with van der Waals surface area (Å²) in [5.74, 6) is -0.0665. The lowest BCUT2D eigenvalue weighted by molar-refractivity contribution is -0.110. The molecule has 0 aromatic carbocycles. The monoisotopic (exact) mass is 235 g/mol. The quantitative estimate of drug-likeness (QED) is 0.449. The van der Waals surface area contributed by atoms with Crippen LogP contribution in [0.3, 0.4) is 0 Å². The van der Waals surface area contributed by atoms with E-state index < -0.39 is 0 Å². The Morgan fingerprint density at radius 3 is 2.50 bits per heavy atom. The molecule has 1 aromatic rings. The maximum atomic E-state index is 10.8. The van der Waals surface area contributed by atoms with Crippen LogP contribution in [0.4, 0.5) is 0 Å². The third-order valence-corrected chi connectivity index (χ3v) is 2.86. The molecule has 0 unspecified atom stereocenters.